The monoisotopic (exact) mass is 464 g/mol. The second-order valence-electron chi connectivity index (χ2n) is 6.95. The van der Waals surface area contributed by atoms with Gasteiger partial charge in [0.15, 0.2) is 17.5 Å². The molecule has 6 nitrogen and oxygen atoms in total. The van der Waals surface area contributed by atoms with Gasteiger partial charge in [-0.3, -0.25) is 0 Å². The van der Waals surface area contributed by atoms with E-state index in [0.29, 0.717) is 28.3 Å². The maximum absolute atomic E-state index is 14.0. The van der Waals surface area contributed by atoms with Crippen LogP contribution in [0.4, 0.5) is 8.78 Å². The van der Waals surface area contributed by atoms with E-state index >= 15 is 0 Å². The summed E-state index contributed by atoms with van der Waals surface area (Å²) in [7, 11) is 5.21. The van der Waals surface area contributed by atoms with E-state index in [0.717, 1.165) is 10.0 Å². The van der Waals surface area contributed by atoms with Crippen LogP contribution < -0.4 is 4.74 Å². The molecule has 0 aliphatic carbocycles. The Morgan fingerprint density at radius 1 is 1.17 bits per heavy atom. The number of nitrogens with zero attached hydrogens (tertiary/aromatic N) is 4. The molecule has 0 amide bonds. The standard InChI is InChI=1S/C20H19BrF2N4O2/c1-10-18(12-9-26(2)17-8-15(23)14(22)7-11(12)17)27(3)19(25-29-10)16-6-5-13(21)20(24-16)28-4/h5-10,18H,1-4H3. The molecule has 0 saturated carbocycles. The van der Waals surface area contributed by atoms with Gasteiger partial charge >= 0.3 is 0 Å². The van der Waals surface area contributed by atoms with Crippen LogP contribution in [0.3, 0.4) is 0 Å². The lowest BCUT2D eigenvalue weighted by molar-refractivity contribution is 0.0000221. The summed E-state index contributed by atoms with van der Waals surface area (Å²) in [5, 5.41) is 4.86. The van der Waals surface area contributed by atoms with Gasteiger partial charge in [-0.1, -0.05) is 5.16 Å². The molecule has 152 valence electrons. The van der Waals surface area contributed by atoms with Crippen molar-refractivity contribution in [1.29, 1.82) is 0 Å². The van der Waals surface area contributed by atoms with Crippen LogP contribution in [-0.4, -0.2) is 40.5 Å². The van der Waals surface area contributed by atoms with Crippen molar-refractivity contribution >= 4 is 32.7 Å². The van der Waals surface area contributed by atoms with Gasteiger partial charge in [0.05, 0.1) is 23.1 Å². The summed E-state index contributed by atoms with van der Waals surface area (Å²) in [6.45, 7) is 1.88. The number of aromatic nitrogens is 2. The fourth-order valence-electron chi connectivity index (χ4n) is 3.72. The molecule has 2 atom stereocenters. The Hall–Kier alpha value is -2.68. The van der Waals surface area contributed by atoms with Gasteiger partial charge in [-0.15, -0.1) is 0 Å². The third-order valence-corrected chi connectivity index (χ3v) is 5.72. The van der Waals surface area contributed by atoms with Gasteiger partial charge in [0.2, 0.25) is 5.88 Å². The number of rotatable bonds is 3. The van der Waals surface area contributed by atoms with Crippen molar-refractivity contribution in [2.24, 2.45) is 12.2 Å². The third kappa shape index (κ3) is 3.23. The van der Waals surface area contributed by atoms with Crippen LogP contribution in [0.2, 0.25) is 0 Å². The van der Waals surface area contributed by atoms with Gasteiger partial charge in [0.1, 0.15) is 11.8 Å². The van der Waals surface area contributed by atoms with Crippen LogP contribution in [0, 0.1) is 11.6 Å². The van der Waals surface area contributed by atoms with Crippen LogP contribution >= 0.6 is 15.9 Å². The van der Waals surface area contributed by atoms with Crippen LogP contribution in [-0.2, 0) is 11.9 Å². The molecule has 0 spiro atoms. The minimum atomic E-state index is -0.884. The Morgan fingerprint density at radius 2 is 1.90 bits per heavy atom. The number of fused-ring (bicyclic) bond motifs is 1. The van der Waals surface area contributed by atoms with Gasteiger partial charge in [-0.25, -0.2) is 13.8 Å². The van der Waals surface area contributed by atoms with Crippen LogP contribution in [0.25, 0.3) is 10.9 Å². The zero-order chi connectivity index (χ0) is 20.9. The first-order valence-electron chi connectivity index (χ1n) is 8.93. The van der Waals surface area contributed by atoms with E-state index in [1.54, 1.807) is 17.7 Å². The predicted octanol–water partition coefficient (Wildman–Crippen LogP) is 4.38. The highest BCUT2D eigenvalue weighted by molar-refractivity contribution is 9.10. The molecule has 0 N–H and O–H groups in total. The van der Waals surface area contributed by atoms with Gasteiger partial charge in [-0.2, -0.15) is 0 Å². The molecule has 0 saturated heterocycles. The van der Waals surface area contributed by atoms with Crippen molar-refractivity contribution < 1.29 is 18.4 Å². The lowest BCUT2D eigenvalue weighted by atomic mass is 9.99. The largest absolute Gasteiger partial charge is 0.480 e. The SMILES string of the molecule is COc1nc(C2=NOC(C)C(c3cn(C)c4cc(F)c(F)cc34)N2C)ccc1Br. The number of methoxy groups -OCH3 is 1. The third-order valence-electron chi connectivity index (χ3n) is 5.12. The zero-order valence-electron chi connectivity index (χ0n) is 16.3. The lowest BCUT2D eigenvalue weighted by Gasteiger charge is -2.37. The molecule has 9 heteroatoms. The average Bonchev–Trinajstić information content (AvgIpc) is 2.98. The number of hydrogen-bond acceptors (Lipinski definition) is 5. The van der Waals surface area contributed by atoms with Crippen LogP contribution in [0.5, 0.6) is 5.88 Å². The summed E-state index contributed by atoms with van der Waals surface area (Å²) in [6.07, 6.45) is 1.54. The number of aryl methyl sites for hydroxylation is 1. The van der Waals surface area contributed by atoms with Gasteiger partial charge in [0.25, 0.3) is 0 Å². The van der Waals surface area contributed by atoms with Gasteiger partial charge in [-0.05, 0) is 41.1 Å². The topological polar surface area (TPSA) is 51.9 Å². The zero-order valence-corrected chi connectivity index (χ0v) is 17.9. The van der Waals surface area contributed by atoms with Crippen LogP contribution in [0.1, 0.15) is 24.2 Å². The number of ether oxygens (including phenoxy) is 1. The van der Waals surface area contributed by atoms with E-state index in [9.17, 15) is 8.78 Å². The Bertz CT molecular complexity index is 1130. The van der Waals surface area contributed by atoms with Crippen LogP contribution in [0.15, 0.2) is 40.1 Å². The first-order valence-corrected chi connectivity index (χ1v) is 9.72. The van der Waals surface area contributed by atoms with Crippen molar-refractivity contribution in [1.82, 2.24) is 14.5 Å². The predicted molar refractivity (Wildman–Crippen MR) is 109 cm³/mol. The molecule has 1 aliphatic rings. The van der Waals surface area contributed by atoms with Crippen molar-refractivity contribution in [2.45, 2.75) is 19.1 Å². The van der Waals surface area contributed by atoms with Crippen molar-refractivity contribution in [2.75, 3.05) is 14.2 Å². The smallest absolute Gasteiger partial charge is 0.228 e. The van der Waals surface area contributed by atoms with E-state index < -0.39 is 11.6 Å². The van der Waals surface area contributed by atoms with E-state index in [1.807, 2.05) is 31.1 Å². The molecule has 3 heterocycles. The number of benzene rings is 1. The quantitative estimate of drug-likeness (QED) is 0.577. The van der Waals surface area contributed by atoms with Crippen molar-refractivity contribution in [3.63, 3.8) is 0 Å². The molecular weight excluding hydrogens is 446 g/mol. The maximum Gasteiger partial charge on any atom is 0.228 e. The van der Waals surface area contributed by atoms with Gasteiger partial charge in [0, 0.05) is 37.3 Å². The molecule has 4 rings (SSSR count). The van der Waals surface area contributed by atoms with E-state index in [4.69, 9.17) is 9.57 Å². The molecular formula is C20H19BrF2N4O2. The maximum atomic E-state index is 14.0. The summed E-state index contributed by atoms with van der Waals surface area (Å²) < 4.78 is 35.5. The highest BCUT2D eigenvalue weighted by Crippen LogP contribution is 2.36. The van der Waals surface area contributed by atoms with E-state index in [-0.39, 0.29) is 12.1 Å². The summed E-state index contributed by atoms with van der Waals surface area (Å²) in [5.41, 5.74) is 1.99. The Morgan fingerprint density at radius 3 is 2.62 bits per heavy atom. The molecule has 2 unspecified atom stereocenters. The van der Waals surface area contributed by atoms with Crippen molar-refractivity contribution in [3.05, 3.63) is 57.8 Å². The Kier molecular flexibility index (Phi) is 4.94. The minimum Gasteiger partial charge on any atom is -0.480 e. The molecule has 0 radical (unpaired) electrons. The second kappa shape index (κ2) is 7.29. The number of likely N-dealkylation sites (N-methyl/N-ethyl adjacent to an activating group) is 1. The second-order valence-corrected chi connectivity index (χ2v) is 7.80. The number of halogens is 3. The Labute approximate surface area is 174 Å². The van der Waals surface area contributed by atoms with Crippen molar-refractivity contribution in [3.8, 4) is 5.88 Å². The van der Waals surface area contributed by atoms with E-state index in [2.05, 4.69) is 26.1 Å². The summed E-state index contributed by atoms with van der Waals surface area (Å²) >= 11 is 3.39. The first-order chi connectivity index (χ1) is 13.8. The Balaban J connectivity index is 1.81. The molecule has 1 aromatic carbocycles. The number of oxime groups is 1. The molecule has 2 aromatic heterocycles. The molecule has 0 fully saturated rings. The summed E-state index contributed by atoms with van der Waals surface area (Å²) in [4.78, 5) is 12.1. The highest BCUT2D eigenvalue weighted by Gasteiger charge is 2.35. The summed E-state index contributed by atoms with van der Waals surface area (Å²) in [5.74, 6) is -0.819. The number of amidine groups is 1. The first kappa shape index (κ1) is 19.6. The van der Waals surface area contributed by atoms with Gasteiger partial charge < -0.3 is 19.0 Å². The molecule has 0 bridgehead atoms. The molecule has 3 aromatic rings. The molecule has 1 aliphatic heterocycles. The number of pyridine rings is 1. The average molecular weight is 465 g/mol. The van der Waals surface area contributed by atoms with E-state index in [1.165, 1.54) is 19.2 Å². The summed E-state index contributed by atoms with van der Waals surface area (Å²) in [6, 6.07) is 5.77. The lowest BCUT2D eigenvalue weighted by Crippen LogP contribution is -2.42. The fraction of sp³-hybridized carbons (Fsp3) is 0.300. The minimum absolute atomic E-state index is 0.285. The number of hydrogen-bond donors (Lipinski definition) is 0. The molecule has 29 heavy (non-hydrogen) atoms. The highest BCUT2D eigenvalue weighted by atomic mass is 79.9. The fourth-order valence-corrected chi connectivity index (χ4v) is 4.11. The normalized spacial score (nSPS) is 19.3.